The highest BCUT2D eigenvalue weighted by atomic mass is 19.4. The number of alkyl halides is 6. The maximum atomic E-state index is 13.5. The van der Waals surface area contributed by atoms with Crippen molar-refractivity contribution in [3.8, 4) is 16.9 Å². The molecule has 4 rings (SSSR count). The molecule has 4 aromatic rings. The van der Waals surface area contributed by atoms with E-state index in [1.54, 1.807) is 43.3 Å². The van der Waals surface area contributed by atoms with Crippen molar-refractivity contribution in [3.63, 3.8) is 0 Å². The van der Waals surface area contributed by atoms with E-state index in [1.807, 2.05) is 0 Å². The lowest BCUT2D eigenvalue weighted by atomic mass is 9.95. The van der Waals surface area contributed by atoms with Crippen molar-refractivity contribution in [2.24, 2.45) is 0 Å². The lowest BCUT2D eigenvalue weighted by Gasteiger charge is -2.15. The van der Waals surface area contributed by atoms with Crippen molar-refractivity contribution in [3.05, 3.63) is 89.6 Å². The lowest BCUT2D eigenvalue weighted by molar-refractivity contribution is -0.274. The number of para-hydroxylation sites is 1. The van der Waals surface area contributed by atoms with Crippen LogP contribution < -0.4 is 10.1 Å². The highest BCUT2D eigenvalue weighted by Crippen LogP contribution is 2.38. The first-order valence-corrected chi connectivity index (χ1v) is 10.2. The summed E-state index contributed by atoms with van der Waals surface area (Å²) in [6, 6.07) is 16.6. The van der Waals surface area contributed by atoms with Gasteiger partial charge in [0.25, 0.3) is 0 Å². The third-order valence-electron chi connectivity index (χ3n) is 5.17. The van der Waals surface area contributed by atoms with Crippen LogP contribution in [0, 0.1) is 6.92 Å². The molecule has 0 bridgehead atoms. The first-order chi connectivity index (χ1) is 16.0. The number of halogens is 6. The van der Waals surface area contributed by atoms with Gasteiger partial charge in [-0.05, 0) is 59.5 Å². The van der Waals surface area contributed by atoms with E-state index < -0.39 is 18.1 Å². The molecule has 3 nitrogen and oxygen atoms in total. The fourth-order valence-electron chi connectivity index (χ4n) is 3.78. The monoisotopic (exact) mass is 476 g/mol. The largest absolute Gasteiger partial charge is 0.573 e. The highest BCUT2D eigenvalue weighted by molar-refractivity contribution is 5.98. The van der Waals surface area contributed by atoms with Gasteiger partial charge in [0.15, 0.2) is 0 Å². The Morgan fingerprint density at radius 2 is 1.62 bits per heavy atom. The molecule has 0 amide bonds. The van der Waals surface area contributed by atoms with E-state index in [9.17, 15) is 26.3 Å². The zero-order chi connectivity index (χ0) is 24.5. The highest BCUT2D eigenvalue weighted by Gasteiger charge is 2.33. The molecule has 0 atom stereocenters. The zero-order valence-corrected chi connectivity index (χ0v) is 17.8. The second-order valence-corrected chi connectivity index (χ2v) is 7.65. The number of aromatic nitrogens is 1. The third-order valence-corrected chi connectivity index (χ3v) is 5.17. The molecule has 0 saturated heterocycles. The van der Waals surface area contributed by atoms with Gasteiger partial charge in [-0.25, -0.2) is 0 Å². The molecule has 176 valence electrons. The molecular formula is C25H18F6N2O. The van der Waals surface area contributed by atoms with E-state index in [1.165, 1.54) is 30.5 Å². The first kappa shape index (κ1) is 23.4. The second kappa shape index (κ2) is 8.89. The van der Waals surface area contributed by atoms with E-state index >= 15 is 0 Å². The van der Waals surface area contributed by atoms with Gasteiger partial charge in [0, 0.05) is 23.8 Å². The number of nitrogens with zero attached hydrogens (tertiary/aromatic N) is 1. The Labute approximate surface area is 191 Å². The quantitative estimate of drug-likeness (QED) is 0.299. The fourth-order valence-corrected chi connectivity index (χ4v) is 3.78. The molecule has 0 saturated carbocycles. The summed E-state index contributed by atoms with van der Waals surface area (Å²) in [4.78, 5) is 4.04. The van der Waals surface area contributed by atoms with E-state index in [-0.39, 0.29) is 17.8 Å². The molecule has 1 heterocycles. The molecule has 0 radical (unpaired) electrons. The zero-order valence-electron chi connectivity index (χ0n) is 17.8. The van der Waals surface area contributed by atoms with Crippen LogP contribution in [0.5, 0.6) is 5.75 Å². The van der Waals surface area contributed by atoms with Crippen molar-refractivity contribution in [1.82, 2.24) is 4.98 Å². The minimum Gasteiger partial charge on any atom is -0.406 e. The Morgan fingerprint density at radius 3 is 2.35 bits per heavy atom. The predicted molar refractivity (Wildman–Crippen MR) is 117 cm³/mol. The number of rotatable bonds is 5. The van der Waals surface area contributed by atoms with Gasteiger partial charge < -0.3 is 10.1 Å². The molecule has 9 heteroatoms. The predicted octanol–water partition coefficient (Wildman–Crippen LogP) is 7.74. The smallest absolute Gasteiger partial charge is 0.406 e. The van der Waals surface area contributed by atoms with Crippen LogP contribution in [-0.2, 0) is 12.7 Å². The van der Waals surface area contributed by atoms with Crippen molar-refractivity contribution < 1.29 is 31.1 Å². The van der Waals surface area contributed by atoms with Gasteiger partial charge in [0.2, 0.25) is 0 Å². The lowest BCUT2D eigenvalue weighted by Crippen LogP contribution is -2.17. The Balaban J connectivity index is 1.64. The van der Waals surface area contributed by atoms with E-state index in [0.717, 1.165) is 6.07 Å². The van der Waals surface area contributed by atoms with Gasteiger partial charge in [-0.1, -0.05) is 36.4 Å². The second-order valence-electron chi connectivity index (χ2n) is 7.65. The number of anilines is 1. The van der Waals surface area contributed by atoms with Gasteiger partial charge in [-0.15, -0.1) is 13.2 Å². The Kier molecular flexibility index (Phi) is 6.12. The molecule has 0 aliphatic rings. The minimum atomic E-state index is -4.78. The number of ether oxygens (including phenoxy) is 1. The molecule has 1 aromatic heterocycles. The summed E-state index contributed by atoms with van der Waals surface area (Å²) in [6.45, 7) is 1.99. The normalized spacial score (nSPS) is 12.1. The van der Waals surface area contributed by atoms with Crippen molar-refractivity contribution in [2.75, 3.05) is 5.32 Å². The Bertz CT molecular complexity index is 1330. The van der Waals surface area contributed by atoms with E-state index in [4.69, 9.17) is 0 Å². The average Bonchev–Trinajstić information content (AvgIpc) is 2.76. The van der Waals surface area contributed by atoms with Crippen molar-refractivity contribution in [2.45, 2.75) is 26.0 Å². The maximum absolute atomic E-state index is 13.5. The molecule has 0 unspecified atom stereocenters. The number of pyridine rings is 1. The van der Waals surface area contributed by atoms with Crippen LogP contribution in [-0.4, -0.2) is 11.3 Å². The Morgan fingerprint density at radius 1 is 0.882 bits per heavy atom. The SMILES string of the molecule is Cc1cnc2c(C(F)(F)F)cccc2c1-c1cccc(NCc2cccc(OC(F)(F)F)c2)c1. The summed E-state index contributed by atoms with van der Waals surface area (Å²) in [5, 5.41) is 3.51. The van der Waals surface area contributed by atoms with Gasteiger partial charge in [-0.2, -0.15) is 13.2 Å². The molecule has 0 aliphatic heterocycles. The van der Waals surface area contributed by atoms with Gasteiger partial charge in [0.05, 0.1) is 11.1 Å². The molecule has 1 N–H and O–H groups in total. The molecule has 0 fully saturated rings. The molecular weight excluding hydrogens is 458 g/mol. The first-order valence-electron chi connectivity index (χ1n) is 10.2. The number of aryl methyl sites for hydroxylation is 1. The third kappa shape index (κ3) is 5.24. The summed E-state index contributed by atoms with van der Waals surface area (Å²) in [5.41, 5.74) is 2.30. The summed E-state index contributed by atoms with van der Waals surface area (Å²) in [6.07, 6.45) is -7.90. The standard InChI is InChI=1S/C25H18F6N2O/c1-15-13-33-23-20(9-4-10-21(23)24(26,27)28)22(15)17-6-3-7-18(12-17)32-14-16-5-2-8-19(11-16)34-25(29,30)31/h2-13,32H,14H2,1H3. The number of nitrogens with one attached hydrogen (secondary N) is 1. The topological polar surface area (TPSA) is 34.2 Å². The van der Waals surface area contributed by atoms with Crippen LogP contribution in [0.1, 0.15) is 16.7 Å². The van der Waals surface area contributed by atoms with E-state index in [2.05, 4.69) is 15.0 Å². The number of hydrogen-bond donors (Lipinski definition) is 1. The van der Waals surface area contributed by atoms with Crippen LogP contribution in [0.15, 0.2) is 72.9 Å². The number of hydrogen-bond acceptors (Lipinski definition) is 3. The minimum absolute atomic E-state index is 0.129. The number of fused-ring (bicyclic) bond motifs is 1. The number of benzene rings is 3. The summed E-state index contributed by atoms with van der Waals surface area (Å²) in [5.74, 6) is -0.320. The molecule has 3 aromatic carbocycles. The maximum Gasteiger partial charge on any atom is 0.573 e. The molecule has 0 aliphatic carbocycles. The Hall–Kier alpha value is -3.75. The fraction of sp³-hybridized carbons (Fsp3) is 0.160. The van der Waals surface area contributed by atoms with Crippen LogP contribution >= 0.6 is 0 Å². The van der Waals surface area contributed by atoms with Crippen LogP contribution in [0.25, 0.3) is 22.0 Å². The van der Waals surface area contributed by atoms with Gasteiger partial charge in [-0.3, -0.25) is 4.98 Å². The average molecular weight is 476 g/mol. The molecule has 0 spiro atoms. The summed E-state index contributed by atoms with van der Waals surface area (Å²) in [7, 11) is 0. The van der Waals surface area contributed by atoms with Crippen LogP contribution in [0.4, 0.5) is 32.0 Å². The van der Waals surface area contributed by atoms with Crippen LogP contribution in [0.3, 0.4) is 0 Å². The van der Waals surface area contributed by atoms with Crippen LogP contribution in [0.2, 0.25) is 0 Å². The van der Waals surface area contributed by atoms with Gasteiger partial charge in [0.1, 0.15) is 5.75 Å². The van der Waals surface area contributed by atoms with Gasteiger partial charge >= 0.3 is 12.5 Å². The molecule has 34 heavy (non-hydrogen) atoms. The van der Waals surface area contributed by atoms with Crippen molar-refractivity contribution in [1.29, 1.82) is 0 Å². The van der Waals surface area contributed by atoms with Crippen molar-refractivity contribution >= 4 is 16.6 Å². The summed E-state index contributed by atoms with van der Waals surface area (Å²) >= 11 is 0. The summed E-state index contributed by atoms with van der Waals surface area (Å²) < 4.78 is 81.8. The van der Waals surface area contributed by atoms with E-state index in [0.29, 0.717) is 33.3 Å².